The van der Waals surface area contributed by atoms with Crippen LogP contribution in [0.15, 0.2) is 36.4 Å². The fourth-order valence-electron chi connectivity index (χ4n) is 5.05. The molecule has 38 heavy (non-hydrogen) atoms. The van der Waals surface area contributed by atoms with Crippen molar-refractivity contribution in [3.8, 4) is 5.75 Å². The van der Waals surface area contributed by atoms with E-state index in [1.54, 1.807) is 36.4 Å². The molecule has 2 aromatic carbocycles. The maximum absolute atomic E-state index is 13.5. The molecule has 0 saturated heterocycles. The van der Waals surface area contributed by atoms with Gasteiger partial charge in [0.25, 0.3) is 0 Å². The quantitative estimate of drug-likeness (QED) is 0.257. The number of hydrogen-bond donors (Lipinski definition) is 5. The number of phenols is 1. The molecule has 3 unspecified atom stereocenters. The number of fused-ring (bicyclic) bond motifs is 3. The predicted molar refractivity (Wildman–Crippen MR) is 147 cm³/mol. The van der Waals surface area contributed by atoms with Crippen molar-refractivity contribution in [3.05, 3.63) is 63.3 Å². The average molecular weight is 560 g/mol. The predicted octanol–water partition coefficient (Wildman–Crippen LogP) is 4.77. The summed E-state index contributed by atoms with van der Waals surface area (Å²) in [5.41, 5.74) is 1.38. The second-order valence-electron chi connectivity index (χ2n) is 10.0. The number of carboxylic acid groups (broad SMARTS) is 1. The molecule has 1 heterocycles. The number of aryl methyl sites for hydroxylation is 2. The highest BCUT2D eigenvalue weighted by Gasteiger charge is 2.45. The van der Waals surface area contributed by atoms with Crippen LogP contribution >= 0.6 is 23.2 Å². The van der Waals surface area contributed by atoms with Gasteiger partial charge in [-0.1, -0.05) is 61.7 Å². The highest BCUT2D eigenvalue weighted by Crippen LogP contribution is 2.38. The van der Waals surface area contributed by atoms with Crippen molar-refractivity contribution >= 4 is 51.9 Å². The fourth-order valence-corrected chi connectivity index (χ4v) is 5.59. The number of aliphatic carboxylic acids is 1. The summed E-state index contributed by atoms with van der Waals surface area (Å²) in [6, 6.07) is 9.22. The van der Waals surface area contributed by atoms with Crippen LogP contribution in [0.25, 0.3) is 10.9 Å². The lowest BCUT2D eigenvalue weighted by molar-refractivity contribution is -0.149. The van der Waals surface area contributed by atoms with Gasteiger partial charge in [0, 0.05) is 28.9 Å². The van der Waals surface area contributed by atoms with Crippen LogP contribution in [0.3, 0.4) is 0 Å². The van der Waals surface area contributed by atoms with Crippen LogP contribution < -0.4 is 10.6 Å². The van der Waals surface area contributed by atoms with Gasteiger partial charge in [0.1, 0.15) is 17.3 Å². The molecule has 3 atom stereocenters. The number of benzene rings is 2. The third-order valence-electron chi connectivity index (χ3n) is 7.50. The zero-order chi connectivity index (χ0) is 27.6. The molecule has 10 heteroatoms. The standard InChI is InChI=1S/C28H31Cl2N3O5/c1-3-15(2)24(32-23(35)9-8-16-6-4-5-7-22(16)34)26(36)33-28(27(37)38)11-10-21-19(14-28)18-12-17(29)13-20(30)25(18)31-21/h4-7,12-13,15,24,31,34H,3,8-11,14H2,1-2H3,(H,32,35)(H,33,36)(H,37,38). The van der Waals surface area contributed by atoms with E-state index in [1.165, 1.54) is 0 Å². The molecule has 2 amide bonds. The zero-order valence-electron chi connectivity index (χ0n) is 21.2. The number of nitrogens with one attached hydrogen (secondary N) is 3. The molecular formula is C28H31Cl2N3O5. The summed E-state index contributed by atoms with van der Waals surface area (Å²) < 4.78 is 0. The van der Waals surface area contributed by atoms with Gasteiger partial charge in [0.15, 0.2) is 0 Å². The van der Waals surface area contributed by atoms with E-state index in [-0.39, 0.29) is 36.8 Å². The number of para-hydroxylation sites is 1. The number of aromatic amines is 1. The van der Waals surface area contributed by atoms with Gasteiger partial charge in [-0.3, -0.25) is 9.59 Å². The van der Waals surface area contributed by atoms with Crippen molar-refractivity contribution in [3.63, 3.8) is 0 Å². The van der Waals surface area contributed by atoms with Crippen LogP contribution in [-0.4, -0.2) is 44.6 Å². The van der Waals surface area contributed by atoms with Crippen LogP contribution in [-0.2, 0) is 33.6 Å². The topological polar surface area (TPSA) is 132 Å². The van der Waals surface area contributed by atoms with E-state index in [4.69, 9.17) is 23.2 Å². The third-order valence-corrected chi connectivity index (χ3v) is 8.01. The number of amides is 2. The Morgan fingerprint density at radius 3 is 2.61 bits per heavy atom. The average Bonchev–Trinajstić information content (AvgIpc) is 3.24. The molecular weight excluding hydrogens is 529 g/mol. The molecule has 1 aliphatic carbocycles. The molecule has 0 bridgehead atoms. The molecule has 0 aliphatic heterocycles. The fraction of sp³-hybridized carbons (Fsp3) is 0.393. The summed E-state index contributed by atoms with van der Waals surface area (Å²) in [6.45, 7) is 3.74. The maximum atomic E-state index is 13.5. The van der Waals surface area contributed by atoms with Crippen LogP contribution in [0.1, 0.15) is 49.9 Å². The molecule has 202 valence electrons. The molecule has 1 aliphatic rings. The Hall–Kier alpha value is -3.23. The Labute approximate surface area is 230 Å². The SMILES string of the molecule is CCC(C)C(NC(=O)CCc1ccccc1O)C(=O)NC1(C(=O)O)CCc2[nH]c3c(Cl)cc(Cl)cc3c2C1. The molecule has 0 radical (unpaired) electrons. The lowest BCUT2D eigenvalue weighted by atomic mass is 9.79. The first-order valence-corrected chi connectivity index (χ1v) is 13.4. The number of carbonyl (C=O) groups is 3. The summed E-state index contributed by atoms with van der Waals surface area (Å²) in [5, 5.41) is 27.4. The van der Waals surface area contributed by atoms with E-state index in [0.29, 0.717) is 40.4 Å². The smallest absolute Gasteiger partial charge is 0.329 e. The van der Waals surface area contributed by atoms with E-state index in [0.717, 1.165) is 16.6 Å². The molecule has 5 N–H and O–H groups in total. The van der Waals surface area contributed by atoms with E-state index in [9.17, 15) is 24.6 Å². The van der Waals surface area contributed by atoms with Crippen LogP contribution in [0.2, 0.25) is 10.0 Å². The normalized spacial score (nSPS) is 18.4. The Morgan fingerprint density at radius 1 is 1.18 bits per heavy atom. The number of rotatable bonds is 9. The Bertz CT molecular complexity index is 1390. The first-order chi connectivity index (χ1) is 18.0. The lowest BCUT2D eigenvalue weighted by Crippen LogP contribution is -2.62. The minimum atomic E-state index is -1.56. The largest absolute Gasteiger partial charge is 0.508 e. The molecule has 4 rings (SSSR count). The number of H-pyrrole nitrogens is 1. The van der Waals surface area contributed by atoms with Crippen molar-refractivity contribution in [2.75, 3.05) is 0 Å². The number of aromatic nitrogens is 1. The van der Waals surface area contributed by atoms with Gasteiger partial charge in [-0.25, -0.2) is 4.79 Å². The van der Waals surface area contributed by atoms with Crippen molar-refractivity contribution in [2.24, 2.45) is 5.92 Å². The molecule has 8 nitrogen and oxygen atoms in total. The molecule has 1 aromatic heterocycles. The minimum absolute atomic E-state index is 0.0501. The van der Waals surface area contributed by atoms with E-state index >= 15 is 0 Å². The van der Waals surface area contributed by atoms with Crippen molar-refractivity contribution in [2.45, 2.75) is 64.0 Å². The minimum Gasteiger partial charge on any atom is -0.508 e. The highest BCUT2D eigenvalue weighted by molar-refractivity contribution is 6.38. The maximum Gasteiger partial charge on any atom is 0.329 e. The molecule has 3 aromatic rings. The molecule has 0 spiro atoms. The first-order valence-electron chi connectivity index (χ1n) is 12.6. The van der Waals surface area contributed by atoms with Gasteiger partial charge in [-0.2, -0.15) is 0 Å². The summed E-state index contributed by atoms with van der Waals surface area (Å²) in [5.74, 6) is -2.18. The summed E-state index contributed by atoms with van der Waals surface area (Å²) in [6.07, 6.45) is 1.60. The third kappa shape index (κ3) is 5.61. The van der Waals surface area contributed by atoms with Crippen LogP contribution in [0, 0.1) is 5.92 Å². The second kappa shape index (κ2) is 11.3. The van der Waals surface area contributed by atoms with Crippen LogP contribution in [0.4, 0.5) is 0 Å². The molecule has 0 fully saturated rings. The highest BCUT2D eigenvalue weighted by atomic mass is 35.5. The summed E-state index contributed by atoms with van der Waals surface area (Å²) >= 11 is 12.6. The van der Waals surface area contributed by atoms with Gasteiger partial charge >= 0.3 is 5.97 Å². The Balaban J connectivity index is 1.54. The van der Waals surface area contributed by atoms with E-state index in [2.05, 4.69) is 15.6 Å². The van der Waals surface area contributed by atoms with Crippen molar-refractivity contribution in [1.29, 1.82) is 0 Å². The van der Waals surface area contributed by atoms with Gasteiger partial charge in [-0.15, -0.1) is 0 Å². The number of carbonyl (C=O) groups excluding carboxylic acids is 2. The first kappa shape index (κ1) is 27.8. The number of carboxylic acids is 1. The second-order valence-corrected chi connectivity index (χ2v) is 10.8. The van der Waals surface area contributed by atoms with Gasteiger partial charge in [-0.05, 0) is 54.5 Å². The van der Waals surface area contributed by atoms with Crippen molar-refractivity contribution in [1.82, 2.24) is 15.6 Å². The van der Waals surface area contributed by atoms with E-state index in [1.807, 2.05) is 13.8 Å². The van der Waals surface area contributed by atoms with Gasteiger partial charge in [0.05, 0.1) is 10.5 Å². The zero-order valence-corrected chi connectivity index (χ0v) is 22.7. The summed E-state index contributed by atoms with van der Waals surface area (Å²) in [7, 11) is 0. The monoisotopic (exact) mass is 559 g/mol. The van der Waals surface area contributed by atoms with Gasteiger partial charge in [0.2, 0.25) is 11.8 Å². The number of halogens is 2. The number of hydrogen-bond acceptors (Lipinski definition) is 4. The van der Waals surface area contributed by atoms with Crippen molar-refractivity contribution < 1.29 is 24.6 Å². The number of phenolic OH excluding ortho intramolecular Hbond substituents is 1. The summed E-state index contributed by atoms with van der Waals surface area (Å²) in [4.78, 5) is 42.2. The Kier molecular flexibility index (Phi) is 8.23. The number of aromatic hydroxyl groups is 1. The molecule has 0 saturated carbocycles. The van der Waals surface area contributed by atoms with E-state index < -0.39 is 23.5 Å². The Morgan fingerprint density at radius 2 is 1.92 bits per heavy atom. The van der Waals surface area contributed by atoms with Gasteiger partial charge < -0.3 is 25.8 Å². The lowest BCUT2D eigenvalue weighted by Gasteiger charge is -2.36. The van der Waals surface area contributed by atoms with Crippen LogP contribution in [0.5, 0.6) is 5.75 Å².